The quantitative estimate of drug-likeness (QED) is 0.803. The molecular weight excluding hydrogens is 240 g/mol. The van der Waals surface area contributed by atoms with Gasteiger partial charge in [0.15, 0.2) is 0 Å². The Labute approximate surface area is 111 Å². The van der Waals surface area contributed by atoms with Crippen molar-refractivity contribution in [1.82, 2.24) is 19.4 Å². The number of nitrogens with zero attached hydrogens (tertiary/aromatic N) is 4. The molecule has 5 heteroatoms. The van der Waals surface area contributed by atoms with Gasteiger partial charge in [-0.25, -0.2) is 4.98 Å². The monoisotopic (exact) mass is 256 g/mol. The van der Waals surface area contributed by atoms with Gasteiger partial charge < -0.3 is 9.47 Å². The molecule has 1 amide bonds. The second-order valence-corrected chi connectivity index (χ2v) is 4.85. The van der Waals surface area contributed by atoms with Gasteiger partial charge in [-0.15, -0.1) is 0 Å². The first-order valence-corrected chi connectivity index (χ1v) is 6.40. The summed E-state index contributed by atoms with van der Waals surface area (Å²) in [6.45, 7) is 1.42. The van der Waals surface area contributed by atoms with Crippen LogP contribution in [0.3, 0.4) is 0 Å². The molecule has 98 valence electrons. The van der Waals surface area contributed by atoms with Crippen molar-refractivity contribution in [3.63, 3.8) is 0 Å². The van der Waals surface area contributed by atoms with E-state index < -0.39 is 0 Å². The van der Waals surface area contributed by atoms with Crippen molar-refractivity contribution in [2.75, 3.05) is 6.54 Å². The average Bonchev–Trinajstić information content (AvgIpc) is 2.81. The number of aromatic nitrogens is 3. The minimum absolute atomic E-state index is 0.165. The molecule has 19 heavy (non-hydrogen) atoms. The van der Waals surface area contributed by atoms with Gasteiger partial charge in [0.25, 0.3) is 0 Å². The van der Waals surface area contributed by atoms with E-state index in [9.17, 15) is 4.79 Å². The van der Waals surface area contributed by atoms with E-state index in [-0.39, 0.29) is 5.91 Å². The molecule has 3 rings (SSSR count). The fourth-order valence-corrected chi connectivity index (χ4v) is 2.42. The number of hydrogen-bond acceptors (Lipinski definition) is 3. The van der Waals surface area contributed by atoms with E-state index in [1.165, 1.54) is 0 Å². The van der Waals surface area contributed by atoms with Gasteiger partial charge in [-0.1, -0.05) is 0 Å². The number of imidazole rings is 1. The highest BCUT2D eigenvalue weighted by Crippen LogP contribution is 2.17. The molecule has 0 aliphatic carbocycles. The molecule has 3 heterocycles. The van der Waals surface area contributed by atoms with Gasteiger partial charge in [-0.05, 0) is 17.7 Å². The molecule has 0 aromatic carbocycles. The Morgan fingerprint density at radius 2 is 2.16 bits per heavy atom. The van der Waals surface area contributed by atoms with Crippen LogP contribution in [0, 0.1) is 0 Å². The SMILES string of the molecule is Cn1cnc2c1CN(C(=O)Cc1ccncc1)CC2. The fraction of sp³-hybridized carbons (Fsp3) is 0.357. The molecule has 0 unspecified atom stereocenters. The van der Waals surface area contributed by atoms with Gasteiger partial charge in [0, 0.05) is 32.4 Å². The Balaban J connectivity index is 1.71. The minimum Gasteiger partial charge on any atom is -0.336 e. The predicted molar refractivity (Wildman–Crippen MR) is 70.3 cm³/mol. The van der Waals surface area contributed by atoms with E-state index in [0.717, 1.165) is 29.9 Å². The Kier molecular flexibility index (Phi) is 3.03. The van der Waals surface area contributed by atoms with Gasteiger partial charge in [-0.2, -0.15) is 0 Å². The third-order valence-electron chi connectivity index (χ3n) is 3.56. The van der Waals surface area contributed by atoms with Crippen LogP contribution in [-0.2, 0) is 31.2 Å². The number of hydrogen-bond donors (Lipinski definition) is 0. The van der Waals surface area contributed by atoms with Crippen LogP contribution in [0.2, 0.25) is 0 Å². The number of pyridine rings is 1. The zero-order valence-electron chi connectivity index (χ0n) is 10.9. The summed E-state index contributed by atoms with van der Waals surface area (Å²) >= 11 is 0. The maximum absolute atomic E-state index is 12.3. The van der Waals surface area contributed by atoms with Crippen LogP contribution in [0.15, 0.2) is 30.9 Å². The maximum atomic E-state index is 12.3. The Bertz CT molecular complexity index is 591. The topological polar surface area (TPSA) is 51.0 Å². The summed E-state index contributed by atoms with van der Waals surface area (Å²) in [5.74, 6) is 0.165. The molecule has 2 aromatic heterocycles. The third kappa shape index (κ3) is 2.36. The molecule has 0 saturated carbocycles. The van der Waals surface area contributed by atoms with E-state index in [1.807, 2.05) is 35.0 Å². The van der Waals surface area contributed by atoms with E-state index in [2.05, 4.69) is 9.97 Å². The third-order valence-corrected chi connectivity index (χ3v) is 3.56. The highest BCUT2D eigenvalue weighted by molar-refractivity contribution is 5.78. The lowest BCUT2D eigenvalue weighted by Crippen LogP contribution is -2.37. The van der Waals surface area contributed by atoms with Crippen molar-refractivity contribution in [2.24, 2.45) is 7.05 Å². The van der Waals surface area contributed by atoms with E-state index in [4.69, 9.17) is 0 Å². The second kappa shape index (κ2) is 4.84. The predicted octanol–water partition coefficient (Wildman–Crippen LogP) is 0.942. The van der Waals surface area contributed by atoms with E-state index in [1.54, 1.807) is 12.4 Å². The zero-order chi connectivity index (χ0) is 13.2. The molecule has 0 N–H and O–H groups in total. The number of rotatable bonds is 2. The van der Waals surface area contributed by atoms with Crippen LogP contribution < -0.4 is 0 Å². The van der Waals surface area contributed by atoms with Crippen molar-refractivity contribution < 1.29 is 4.79 Å². The number of amides is 1. The molecule has 0 fully saturated rings. The van der Waals surface area contributed by atoms with Crippen LogP contribution in [0.4, 0.5) is 0 Å². The van der Waals surface area contributed by atoms with Gasteiger partial charge >= 0.3 is 0 Å². The molecular formula is C14H16N4O. The number of fused-ring (bicyclic) bond motifs is 1. The lowest BCUT2D eigenvalue weighted by molar-refractivity contribution is -0.131. The van der Waals surface area contributed by atoms with Crippen molar-refractivity contribution in [3.8, 4) is 0 Å². The molecule has 0 bridgehead atoms. The largest absolute Gasteiger partial charge is 0.336 e. The molecule has 0 radical (unpaired) electrons. The number of carbonyl (C=O) groups is 1. The standard InChI is InChI=1S/C14H16N4O/c1-17-10-16-12-4-7-18(9-13(12)17)14(19)8-11-2-5-15-6-3-11/h2-3,5-6,10H,4,7-9H2,1H3. The van der Waals surface area contributed by atoms with Crippen LogP contribution in [0.5, 0.6) is 0 Å². The lowest BCUT2D eigenvalue weighted by atomic mass is 10.1. The Hall–Kier alpha value is -2.17. The van der Waals surface area contributed by atoms with Gasteiger partial charge in [-0.3, -0.25) is 9.78 Å². The summed E-state index contributed by atoms with van der Waals surface area (Å²) in [7, 11) is 1.97. The Morgan fingerprint density at radius 1 is 1.37 bits per heavy atom. The van der Waals surface area contributed by atoms with Crippen LogP contribution >= 0.6 is 0 Å². The summed E-state index contributed by atoms with van der Waals surface area (Å²) in [6.07, 6.45) is 6.55. The zero-order valence-corrected chi connectivity index (χ0v) is 10.9. The fourth-order valence-electron chi connectivity index (χ4n) is 2.42. The molecule has 5 nitrogen and oxygen atoms in total. The summed E-state index contributed by atoms with van der Waals surface area (Å²) < 4.78 is 2.00. The van der Waals surface area contributed by atoms with Crippen molar-refractivity contribution >= 4 is 5.91 Å². The average molecular weight is 256 g/mol. The normalized spacial score (nSPS) is 14.3. The smallest absolute Gasteiger partial charge is 0.227 e. The highest BCUT2D eigenvalue weighted by Gasteiger charge is 2.23. The summed E-state index contributed by atoms with van der Waals surface area (Å²) in [6, 6.07) is 3.77. The first-order chi connectivity index (χ1) is 9.24. The molecule has 1 aliphatic rings. The number of carbonyl (C=O) groups excluding carboxylic acids is 1. The van der Waals surface area contributed by atoms with Crippen LogP contribution in [-0.4, -0.2) is 31.9 Å². The van der Waals surface area contributed by atoms with E-state index in [0.29, 0.717) is 13.0 Å². The second-order valence-electron chi connectivity index (χ2n) is 4.85. The first-order valence-electron chi connectivity index (χ1n) is 6.40. The number of aryl methyl sites for hydroxylation is 1. The van der Waals surface area contributed by atoms with Crippen LogP contribution in [0.1, 0.15) is 17.0 Å². The Morgan fingerprint density at radius 3 is 2.95 bits per heavy atom. The van der Waals surface area contributed by atoms with Gasteiger partial charge in [0.1, 0.15) is 0 Å². The van der Waals surface area contributed by atoms with Gasteiger partial charge in [0.05, 0.1) is 30.7 Å². The van der Waals surface area contributed by atoms with E-state index >= 15 is 0 Å². The van der Waals surface area contributed by atoms with Crippen LogP contribution in [0.25, 0.3) is 0 Å². The van der Waals surface area contributed by atoms with Crippen molar-refractivity contribution in [1.29, 1.82) is 0 Å². The first kappa shape index (κ1) is 11.9. The summed E-state index contributed by atoms with van der Waals surface area (Å²) in [5.41, 5.74) is 3.28. The minimum atomic E-state index is 0.165. The summed E-state index contributed by atoms with van der Waals surface area (Å²) in [4.78, 5) is 22.5. The summed E-state index contributed by atoms with van der Waals surface area (Å²) in [5, 5.41) is 0. The molecule has 0 saturated heterocycles. The molecule has 0 atom stereocenters. The molecule has 0 spiro atoms. The molecule has 1 aliphatic heterocycles. The van der Waals surface area contributed by atoms with Crippen molar-refractivity contribution in [3.05, 3.63) is 47.8 Å². The maximum Gasteiger partial charge on any atom is 0.227 e. The van der Waals surface area contributed by atoms with Crippen molar-refractivity contribution in [2.45, 2.75) is 19.4 Å². The van der Waals surface area contributed by atoms with Gasteiger partial charge in [0.2, 0.25) is 5.91 Å². The lowest BCUT2D eigenvalue weighted by Gasteiger charge is -2.27. The highest BCUT2D eigenvalue weighted by atomic mass is 16.2. The molecule has 2 aromatic rings.